The first-order valence-electron chi connectivity index (χ1n) is 4.62. The Bertz CT molecular complexity index is 192. The van der Waals surface area contributed by atoms with Crippen molar-refractivity contribution in [3.05, 3.63) is 0 Å². The van der Waals surface area contributed by atoms with E-state index in [1.165, 1.54) is 0 Å². The van der Waals surface area contributed by atoms with Crippen molar-refractivity contribution in [1.29, 1.82) is 5.26 Å². The van der Waals surface area contributed by atoms with Crippen LogP contribution >= 0.6 is 0 Å². The van der Waals surface area contributed by atoms with Crippen LogP contribution in [0.25, 0.3) is 0 Å². The van der Waals surface area contributed by atoms with Gasteiger partial charge in [0.2, 0.25) is 0 Å². The van der Waals surface area contributed by atoms with Crippen molar-refractivity contribution >= 4 is 6.29 Å². The Balaban J connectivity index is 2.15. The number of carbonyl (C=O) groups excluding carboxylic acids is 1. The molecule has 4 nitrogen and oxygen atoms in total. The second-order valence-electron chi connectivity index (χ2n) is 3.22. The van der Waals surface area contributed by atoms with Crippen LogP contribution in [0, 0.1) is 11.3 Å². The van der Waals surface area contributed by atoms with Crippen LogP contribution in [0.15, 0.2) is 0 Å². The molecule has 0 amide bonds. The summed E-state index contributed by atoms with van der Waals surface area (Å²) in [5.41, 5.74) is 0. The standard InChI is InChI=1S/C9H15N3O/c10-2-1-3-11-4-6-12(7-5-11)8-9-13/h9H,1,3-8H2. The number of nitriles is 1. The molecule has 0 aromatic carbocycles. The lowest BCUT2D eigenvalue weighted by molar-refractivity contribution is -0.109. The van der Waals surface area contributed by atoms with Crippen LogP contribution in [0.5, 0.6) is 0 Å². The highest BCUT2D eigenvalue weighted by Crippen LogP contribution is 2.00. The minimum atomic E-state index is 0.548. The van der Waals surface area contributed by atoms with Gasteiger partial charge < -0.3 is 4.79 Å². The first kappa shape index (κ1) is 10.2. The van der Waals surface area contributed by atoms with Gasteiger partial charge >= 0.3 is 0 Å². The third-order valence-electron chi connectivity index (χ3n) is 2.34. The molecule has 1 aliphatic heterocycles. The lowest BCUT2D eigenvalue weighted by Crippen LogP contribution is -2.46. The van der Waals surface area contributed by atoms with Gasteiger partial charge in [-0.05, 0) is 0 Å². The quantitative estimate of drug-likeness (QED) is 0.559. The average Bonchev–Trinajstić information content (AvgIpc) is 2.17. The molecule has 1 saturated heterocycles. The number of carbonyl (C=O) groups is 1. The normalized spacial score (nSPS) is 19.6. The summed E-state index contributed by atoms with van der Waals surface area (Å²) >= 11 is 0. The summed E-state index contributed by atoms with van der Waals surface area (Å²) in [7, 11) is 0. The Morgan fingerprint density at radius 2 is 1.85 bits per heavy atom. The molecule has 0 spiro atoms. The lowest BCUT2D eigenvalue weighted by atomic mass is 10.3. The molecule has 13 heavy (non-hydrogen) atoms. The average molecular weight is 181 g/mol. The molecule has 0 atom stereocenters. The van der Waals surface area contributed by atoms with E-state index >= 15 is 0 Å². The van der Waals surface area contributed by atoms with Gasteiger partial charge in [0.1, 0.15) is 6.29 Å². The third-order valence-corrected chi connectivity index (χ3v) is 2.34. The van der Waals surface area contributed by atoms with Crippen LogP contribution < -0.4 is 0 Å². The van der Waals surface area contributed by atoms with E-state index in [1.807, 2.05) is 0 Å². The molecule has 1 heterocycles. The Labute approximate surface area is 78.7 Å². The molecule has 0 N–H and O–H groups in total. The minimum absolute atomic E-state index is 0.548. The molecular weight excluding hydrogens is 166 g/mol. The first-order valence-corrected chi connectivity index (χ1v) is 4.62. The molecule has 0 saturated carbocycles. The van der Waals surface area contributed by atoms with Crippen molar-refractivity contribution in [2.45, 2.75) is 6.42 Å². The van der Waals surface area contributed by atoms with Gasteiger partial charge in [-0.25, -0.2) is 0 Å². The molecular formula is C9H15N3O. The lowest BCUT2D eigenvalue weighted by Gasteiger charge is -2.33. The van der Waals surface area contributed by atoms with E-state index in [2.05, 4.69) is 15.9 Å². The SMILES string of the molecule is N#CCCN1CCN(CC=O)CC1. The van der Waals surface area contributed by atoms with Crippen molar-refractivity contribution < 1.29 is 4.79 Å². The van der Waals surface area contributed by atoms with Crippen molar-refractivity contribution in [3.8, 4) is 6.07 Å². The summed E-state index contributed by atoms with van der Waals surface area (Å²) in [4.78, 5) is 14.6. The van der Waals surface area contributed by atoms with Crippen molar-refractivity contribution in [2.24, 2.45) is 0 Å². The molecule has 0 aromatic rings. The maximum absolute atomic E-state index is 10.2. The number of piperazine rings is 1. The van der Waals surface area contributed by atoms with Crippen molar-refractivity contribution in [2.75, 3.05) is 39.3 Å². The van der Waals surface area contributed by atoms with Crippen LogP contribution in [0.3, 0.4) is 0 Å². The second kappa shape index (κ2) is 5.68. The summed E-state index contributed by atoms with van der Waals surface area (Å²) in [6.07, 6.45) is 1.55. The summed E-state index contributed by atoms with van der Waals surface area (Å²) in [5.74, 6) is 0. The summed E-state index contributed by atoms with van der Waals surface area (Å²) in [6, 6.07) is 2.14. The summed E-state index contributed by atoms with van der Waals surface area (Å²) in [6.45, 7) is 5.27. The molecule has 0 unspecified atom stereocenters. The number of hydrogen-bond acceptors (Lipinski definition) is 4. The highest BCUT2D eigenvalue weighted by molar-refractivity contribution is 5.51. The van der Waals surface area contributed by atoms with E-state index in [4.69, 9.17) is 5.26 Å². The van der Waals surface area contributed by atoms with Crippen molar-refractivity contribution in [3.63, 3.8) is 0 Å². The summed E-state index contributed by atoms with van der Waals surface area (Å²) in [5, 5.41) is 8.40. The van der Waals surface area contributed by atoms with Crippen LogP contribution in [0.2, 0.25) is 0 Å². The highest BCUT2D eigenvalue weighted by Gasteiger charge is 2.15. The smallest absolute Gasteiger partial charge is 0.133 e. The third kappa shape index (κ3) is 3.53. The van der Waals surface area contributed by atoms with Gasteiger partial charge in [-0.2, -0.15) is 5.26 Å². The van der Waals surface area contributed by atoms with Crippen LogP contribution in [0.4, 0.5) is 0 Å². The van der Waals surface area contributed by atoms with Gasteiger partial charge in [-0.3, -0.25) is 9.80 Å². The van der Waals surface area contributed by atoms with E-state index in [1.54, 1.807) is 0 Å². The zero-order chi connectivity index (χ0) is 9.52. The fourth-order valence-electron chi connectivity index (χ4n) is 1.51. The molecule has 0 radical (unpaired) electrons. The monoisotopic (exact) mass is 181 g/mol. The van der Waals surface area contributed by atoms with E-state index in [0.29, 0.717) is 13.0 Å². The predicted molar refractivity (Wildman–Crippen MR) is 49.2 cm³/mol. The largest absolute Gasteiger partial charge is 0.302 e. The zero-order valence-corrected chi connectivity index (χ0v) is 7.78. The van der Waals surface area contributed by atoms with Crippen LogP contribution in [-0.2, 0) is 4.79 Å². The summed E-state index contributed by atoms with van der Waals surface area (Å²) < 4.78 is 0. The molecule has 0 bridgehead atoms. The van der Waals surface area contributed by atoms with Crippen LogP contribution in [0.1, 0.15) is 6.42 Å². The van der Waals surface area contributed by atoms with Gasteiger partial charge in [0, 0.05) is 39.1 Å². The van der Waals surface area contributed by atoms with E-state index < -0.39 is 0 Å². The Hall–Kier alpha value is -0.920. The number of aldehydes is 1. The molecule has 1 rings (SSSR count). The zero-order valence-electron chi connectivity index (χ0n) is 7.78. The van der Waals surface area contributed by atoms with Gasteiger partial charge in [0.25, 0.3) is 0 Å². The van der Waals surface area contributed by atoms with Crippen LogP contribution in [-0.4, -0.2) is 55.4 Å². The molecule has 1 aliphatic rings. The highest BCUT2D eigenvalue weighted by atomic mass is 16.1. The van der Waals surface area contributed by atoms with Gasteiger partial charge in [-0.1, -0.05) is 0 Å². The number of hydrogen-bond donors (Lipinski definition) is 0. The minimum Gasteiger partial charge on any atom is -0.302 e. The molecule has 0 aliphatic carbocycles. The second-order valence-corrected chi connectivity index (χ2v) is 3.22. The maximum atomic E-state index is 10.2. The molecule has 4 heteroatoms. The Morgan fingerprint density at radius 1 is 1.23 bits per heavy atom. The Kier molecular flexibility index (Phi) is 4.44. The fraction of sp³-hybridized carbons (Fsp3) is 0.778. The van der Waals surface area contributed by atoms with E-state index in [0.717, 1.165) is 39.0 Å². The molecule has 1 fully saturated rings. The number of rotatable bonds is 4. The van der Waals surface area contributed by atoms with Crippen molar-refractivity contribution in [1.82, 2.24) is 9.80 Å². The number of nitrogens with zero attached hydrogens (tertiary/aromatic N) is 3. The van der Waals surface area contributed by atoms with Gasteiger partial charge in [-0.15, -0.1) is 0 Å². The topological polar surface area (TPSA) is 47.3 Å². The fourth-order valence-corrected chi connectivity index (χ4v) is 1.51. The predicted octanol–water partition coefficient (Wildman–Crippen LogP) is -0.283. The first-order chi connectivity index (χ1) is 6.36. The van der Waals surface area contributed by atoms with Gasteiger partial charge in [0.15, 0.2) is 0 Å². The molecule has 0 aromatic heterocycles. The van der Waals surface area contributed by atoms with Gasteiger partial charge in [0.05, 0.1) is 12.6 Å². The van der Waals surface area contributed by atoms with E-state index in [-0.39, 0.29) is 0 Å². The Morgan fingerprint density at radius 3 is 2.38 bits per heavy atom. The molecule has 72 valence electrons. The maximum Gasteiger partial charge on any atom is 0.133 e. The van der Waals surface area contributed by atoms with E-state index in [9.17, 15) is 4.79 Å².